The fourth-order valence-electron chi connectivity index (χ4n) is 3.08. The van der Waals surface area contributed by atoms with Gasteiger partial charge in [-0.15, -0.1) is 0 Å². The maximum Gasteiger partial charge on any atom is 0.221 e. The Morgan fingerprint density at radius 3 is 2.24 bits per heavy atom. The molecular formula is C18H29NO2. The quantitative estimate of drug-likeness (QED) is 0.870. The van der Waals surface area contributed by atoms with Crippen molar-refractivity contribution < 1.29 is 9.90 Å². The third-order valence-corrected chi connectivity index (χ3v) is 4.09. The third-order valence-electron chi connectivity index (χ3n) is 4.09. The highest BCUT2D eigenvalue weighted by Crippen LogP contribution is 2.32. The van der Waals surface area contributed by atoms with Crippen LogP contribution in [0.3, 0.4) is 0 Å². The molecule has 0 aliphatic heterocycles. The normalized spacial score (nSPS) is 15.0. The van der Waals surface area contributed by atoms with E-state index >= 15 is 0 Å². The van der Waals surface area contributed by atoms with Gasteiger partial charge in [0.1, 0.15) is 5.75 Å². The van der Waals surface area contributed by atoms with Crippen LogP contribution < -0.4 is 5.73 Å². The first-order chi connectivity index (χ1) is 9.54. The molecule has 1 aromatic rings. The zero-order chi connectivity index (χ0) is 16.4. The Bertz CT molecular complexity index is 500. The first-order valence-electron chi connectivity index (χ1n) is 7.65. The topological polar surface area (TPSA) is 63.3 Å². The predicted octanol–water partition coefficient (Wildman–Crippen LogP) is 3.63. The number of hydrogen-bond acceptors (Lipinski definition) is 2. The molecule has 0 saturated carbocycles. The number of primary amides is 1. The van der Waals surface area contributed by atoms with Crippen LogP contribution in [0.15, 0.2) is 18.2 Å². The second-order valence-corrected chi connectivity index (χ2v) is 7.46. The summed E-state index contributed by atoms with van der Waals surface area (Å²) in [5.41, 5.74) is 7.50. The molecule has 0 radical (unpaired) electrons. The minimum Gasteiger partial charge on any atom is -0.508 e. The van der Waals surface area contributed by atoms with E-state index in [-0.39, 0.29) is 29.1 Å². The zero-order valence-electron chi connectivity index (χ0n) is 14.1. The fraction of sp³-hybridized carbons (Fsp3) is 0.611. The molecule has 1 amide bonds. The van der Waals surface area contributed by atoms with Crippen molar-refractivity contribution in [2.45, 2.75) is 53.4 Å². The summed E-state index contributed by atoms with van der Waals surface area (Å²) in [6.45, 7) is 12.4. The van der Waals surface area contributed by atoms with Crippen molar-refractivity contribution in [3.63, 3.8) is 0 Å². The average Bonchev–Trinajstić information content (AvgIpc) is 2.29. The Hall–Kier alpha value is -1.51. The Labute approximate surface area is 128 Å². The Morgan fingerprint density at radius 2 is 1.81 bits per heavy atom. The van der Waals surface area contributed by atoms with Crippen LogP contribution in [0.1, 0.15) is 52.7 Å². The lowest BCUT2D eigenvalue weighted by Crippen LogP contribution is -2.33. The van der Waals surface area contributed by atoms with Crippen LogP contribution in [0, 0.1) is 17.8 Å². The molecule has 0 saturated heterocycles. The number of nitrogens with two attached hydrogens (primary N) is 1. The standard InChI is InChI=1S/C18H29NO2/c1-11(2)16(17(19)21)12(3)9-13-7-8-15(20)14(10-13)18(4,5)6/h7-8,10-12,16,20H,9H2,1-6H3,(H2,19,21). The molecule has 3 N–H and O–H groups in total. The van der Waals surface area contributed by atoms with Crippen LogP contribution >= 0.6 is 0 Å². The lowest BCUT2D eigenvalue weighted by molar-refractivity contribution is -0.124. The SMILES string of the molecule is CC(C)C(C(N)=O)C(C)Cc1ccc(O)c(C(C)(C)C)c1. The summed E-state index contributed by atoms with van der Waals surface area (Å²) in [7, 11) is 0. The molecular weight excluding hydrogens is 262 g/mol. The first-order valence-corrected chi connectivity index (χ1v) is 7.65. The van der Waals surface area contributed by atoms with E-state index < -0.39 is 0 Å². The number of benzene rings is 1. The van der Waals surface area contributed by atoms with Crippen LogP contribution in [0.25, 0.3) is 0 Å². The maximum atomic E-state index is 11.6. The van der Waals surface area contributed by atoms with Crippen LogP contribution in [-0.2, 0) is 16.6 Å². The molecule has 0 bridgehead atoms. The van der Waals surface area contributed by atoms with Gasteiger partial charge in [0.15, 0.2) is 0 Å². The molecule has 118 valence electrons. The van der Waals surface area contributed by atoms with E-state index in [1.54, 1.807) is 6.07 Å². The lowest BCUT2D eigenvalue weighted by atomic mass is 9.79. The van der Waals surface area contributed by atoms with Gasteiger partial charge in [-0.25, -0.2) is 0 Å². The maximum absolute atomic E-state index is 11.6. The summed E-state index contributed by atoms with van der Waals surface area (Å²) in [5.74, 6) is 0.384. The molecule has 1 rings (SSSR count). The van der Waals surface area contributed by atoms with Crippen molar-refractivity contribution in [1.29, 1.82) is 0 Å². The molecule has 0 aliphatic carbocycles. The second-order valence-electron chi connectivity index (χ2n) is 7.46. The van der Waals surface area contributed by atoms with E-state index in [4.69, 9.17) is 5.73 Å². The van der Waals surface area contributed by atoms with Crippen molar-refractivity contribution in [1.82, 2.24) is 0 Å². The average molecular weight is 291 g/mol. The van der Waals surface area contributed by atoms with Gasteiger partial charge in [0.05, 0.1) is 0 Å². The number of aromatic hydroxyl groups is 1. The van der Waals surface area contributed by atoms with E-state index in [2.05, 4.69) is 27.7 Å². The summed E-state index contributed by atoms with van der Waals surface area (Å²) in [5, 5.41) is 10.0. The Balaban J connectivity index is 3.01. The van der Waals surface area contributed by atoms with Gasteiger partial charge in [0, 0.05) is 5.92 Å². The van der Waals surface area contributed by atoms with E-state index in [1.807, 2.05) is 26.0 Å². The molecule has 3 nitrogen and oxygen atoms in total. The third kappa shape index (κ3) is 4.48. The van der Waals surface area contributed by atoms with Crippen LogP contribution in [0.4, 0.5) is 0 Å². The van der Waals surface area contributed by atoms with Gasteiger partial charge < -0.3 is 10.8 Å². The molecule has 0 fully saturated rings. The van der Waals surface area contributed by atoms with Crippen molar-refractivity contribution in [3.05, 3.63) is 29.3 Å². The fourth-order valence-corrected chi connectivity index (χ4v) is 3.08. The van der Waals surface area contributed by atoms with Gasteiger partial charge in [0.25, 0.3) is 0 Å². The largest absolute Gasteiger partial charge is 0.508 e. The number of carbonyl (C=O) groups excluding carboxylic acids is 1. The number of phenols is 1. The molecule has 0 aliphatic rings. The van der Waals surface area contributed by atoms with E-state index in [9.17, 15) is 9.90 Å². The molecule has 0 heterocycles. The number of rotatable bonds is 5. The smallest absolute Gasteiger partial charge is 0.221 e. The molecule has 0 aromatic heterocycles. The Kier molecular flexibility index (Phi) is 5.43. The molecule has 2 unspecified atom stereocenters. The summed E-state index contributed by atoms with van der Waals surface area (Å²) >= 11 is 0. The van der Waals surface area contributed by atoms with Crippen molar-refractivity contribution in [3.8, 4) is 5.75 Å². The number of carbonyl (C=O) groups is 1. The van der Waals surface area contributed by atoms with Gasteiger partial charge >= 0.3 is 0 Å². The summed E-state index contributed by atoms with van der Waals surface area (Å²) in [4.78, 5) is 11.6. The summed E-state index contributed by atoms with van der Waals surface area (Å²) < 4.78 is 0. The first kappa shape index (κ1) is 17.5. The Morgan fingerprint density at radius 1 is 1.24 bits per heavy atom. The lowest BCUT2D eigenvalue weighted by Gasteiger charge is -2.26. The molecule has 3 heteroatoms. The minimum absolute atomic E-state index is 0.107. The highest BCUT2D eigenvalue weighted by molar-refractivity contribution is 5.77. The van der Waals surface area contributed by atoms with E-state index in [1.165, 1.54) is 0 Å². The monoisotopic (exact) mass is 291 g/mol. The second kappa shape index (κ2) is 6.50. The van der Waals surface area contributed by atoms with Gasteiger partial charge in [-0.2, -0.15) is 0 Å². The highest BCUT2D eigenvalue weighted by atomic mass is 16.3. The molecule has 1 aromatic carbocycles. The van der Waals surface area contributed by atoms with Gasteiger partial charge in [-0.3, -0.25) is 4.79 Å². The minimum atomic E-state index is -0.229. The summed E-state index contributed by atoms with van der Waals surface area (Å²) in [6.07, 6.45) is 0.787. The molecule has 2 atom stereocenters. The van der Waals surface area contributed by atoms with Crippen molar-refractivity contribution >= 4 is 5.91 Å². The molecule has 0 spiro atoms. The van der Waals surface area contributed by atoms with Gasteiger partial charge in [-0.05, 0) is 40.9 Å². The van der Waals surface area contributed by atoms with Crippen molar-refractivity contribution in [2.75, 3.05) is 0 Å². The zero-order valence-corrected chi connectivity index (χ0v) is 14.1. The predicted molar refractivity (Wildman–Crippen MR) is 87.2 cm³/mol. The van der Waals surface area contributed by atoms with Crippen LogP contribution in [0.2, 0.25) is 0 Å². The highest BCUT2D eigenvalue weighted by Gasteiger charge is 2.27. The number of amides is 1. The van der Waals surface area contributed by atoms with Gasteiger partial charge in [0.2, 0.25) is 5.91 Å². The van der Waals surface area contributed by atoms with Crippen LogP contribution in [-0.4, -0.2) is 11.0 Å². The van der Waals surface area contributed by atoms with E-state index in [0.29, 0.717) is 5.75 Å². The number of hydrogen-bond donors (Lipinski definition) is 2. The van der Waals surface area contributed by atoms with Gasteiger partial charge in [-0.1, -0.05) is 53.7 Å². The molecule has 21 heavy (non-hydrogen) atoms. The van der Waals surface area contributed by atoms with E-state index in [0.717, 1.165) is 17.5 Å². The number of phenolic OH excluding ortho intramolecular Hbond substituents is 1. The van der Waals surface area contributed by atoms with Crippen LogP contribution in [0.5, 0.6) is 5.75 Å². The summed E-state index contributed by atoms with van der Waals surface area (Å²) in [6, 6.07) is 5.72. The van der Waals surface area contributed by atoms with Crippen molar-refractivity contribution in [2.24, 2.45) is 23.5 Å².